The number of halogens is 3. The van der Waals surface area contributed by atoms with E-state index in [1.807, 2.05) is 36.1 Å². The zero-order valence-corrected chi connectivity index (χ0v) is 30.3. The number of amides is 1. The first kappa shape index (κ1) is 38.3. The molecule has 0 radical (unpaired) electrons. The van der Waals surface area contributed by atoms with Gasteiger partial charge in [-0.1, -0.05) is 18.2 Å². The molecule has 2 aromatic rings. The molecule has 0 bridgehead atoms. The van der Waals surface area contributed by atoms with Gasteiger partial charge in [0.1, 0.15) is 5.75 Å². The number of benzene rings is 2. The fourth-order valence-corrected chi connectivity index (χ4v) is 9.18. The third-order valence-corrected chi connectivity index (χ3v) is 12.1. The number of aliphatic hydroxyl groups is 1. The molecule has 0 aromatic heterocycles. The predicted molar refractivity (Wildman–Crippen MR) is 189 cm³/mol. The third kappa shape index (κ3) is 7.65. The number of rotatable bonds is 11. The Morgan fingerprint density at radius 3 is 2.23 bits per heavy atom. The molecule has 10 nitrogen and oxygen atoms in total. The average molecular weight is 732 g/mol. The van der Waals surface area contributed by atoms with Crippen molar-refractivity contribution in [2.24, 2.45) is 5.92 Å². The maximum Gasteiger partial charge on any atom is 0.416 e. The van der Waals surface area contributed by atoms with Crippen LogP contribution in [0.15, 0.2) is 42.5 Å². The second kappa shape index (κ2) is 15.9. The van der Waals surface area contributed by atoms with Gasteiger partial charge in [0.05, 0.1) is 37.3 Å². The van der Waals surface area contributed by atoms with Crippen LogP contribution in [0.1, 0.15) is 80.4 Å². The lowest BCUT2D eigenvalue weighted by atomic mass is 9.83. The minimum absolute atomic E-state index is 0.202. The number of nitrogens with zero attached hydrogens (tertiary/aromatic N) is 3. The minimum atomic E-state index is -4.56. The number of carbonyl (C=O) groups excluding carboxylic acids is 1. The molecule has 1 aliphatic carbocycles. The number of methoxy groups -OCH3 is 2. The van der Waals surface area contributed by atoms with Gasteiger partial charge in [-0.3, -0.25) is 14.5 Å². The number of aliphatic hydroxyl groups excluding tert-OH is 1. The lowest BCUT2D eigenvalue weighted by Gasteiger charge is -2.38. The van der Waals surface area contributed by atoms with Gasteiger partial charge < -0.3 is 34.2 Å². The molecule has 0 spiro atoms. The van der Waals surface area contributed by atoms with Crippen LogP contribution < -0.4 is 9.64 Å². The van der Waals surface area contributed by atoms with E-state index in [1.54, 1.807) is 19.1 Å². The highest BCUT2D eigenvalue weighted by molar-refractivity contribution is 5.88. The summed E-state index contributed by atoms with van der Waals surface area (Å²) in [6.07, 6.45) is 0.471. The van der Waals surface area contributed by atoms with E-state index >= 15 is 4.79 Å². The van der Waals surface area contributed by atoms with E-state index < -0.39 is 35.3 Å². The van der Waals surface area contributed by atoms with E-state index in [4.69, 9.17) is 14.2 Å². The van der Waals surface area contributed by atoms with Gasteiger partial charge in [0, 0.05) is 70.0 Å². The van der Waals surface area contributed by atoms with Gasteiger partial charge in [-0.15, -0.1) is 0 Å². The Hall–Kier alpha value is -3.39. The lowest BCUT2D eigenvalue weighted by molar-refractivity contribution is -0.157. The Bertz CT molecular complexity index is 1540. The predicted octanol–water partition coefficient (Wildman–Crippen LogP) is 5.52. The standard InChI is InChI=1S/C39H52F3N3O7/c1-4-52-32-12-8-29(9-13-32)44-22-34(25-5-10-31(50-2)11-6-25)38(24-44,51-3)37(49)45-21-27(19-30(45)23-46)33-14-7-28(39(40,41)42)20-35(33)43-17-15-26(16-18-43)36(47)48/h5-7,10-11,14,20,26-27,29-30,32,34,46H,4,8-9,12-13,15-19,21-24H2,1-3H3,(H,47,48)/t27-,29?,30+,32?,34?,38+/m1/s1. The molecule has 3 heterocycles. The number of hydrogen-bond acceptors (Lipinski definition) is 8. The van der Waals surface area contributed by atoms with Gasteiger partial charge in [-0.25, -0.2) is 0 Å². The van der Waals surface area contributed by atoms with E-state index in [9.17, 15) is 28.2 Å². The van der Waals surface area contributed by atoms with Crippen molar-refractivity contribution in [1.82, 2.24) is 9.80 Å². The molecule has 1 amide bonds. The molecule has 6 rings (SSSR count). The maximum absolute atomic E-state index is 15.1. The smallest absolute Gasteiger partial charge is 0.416 e. The van der Waals surface area contributed by atoms with Crippen LogP contribution in [0.4, 0.5) is 18.9 Å². The normalized spacial score (nSPS) is 29.1. The summed E-state index contributed by atoms with van der Waals surface area (Å²) >= 11 is 0. The van der Waals surface area contributed by atoms with Crippen molar-refractivity contribution in [2.45, 2.75) is 93.7 Å². The number of ether oxygens (including phenoxy) is 3. The summed E-state index contributed by atoms with van der Waals surface area (Å²) in [5.41, 5.74) is -0.0458. The Morgan fingerprint density at radius 2 is 1.65 bits per heavy atom. The second-order valence-electron chi connectivity index (χ2n) is 14.8. The molecule has 3 aliphatic heterocycles. The molecule has 2 aromatic carbocycles. The Labute approximate surface area is 303 Å². The Morgan fingerprint density at radius 1 is 0.962 bits per heavy atom. The summed E-state index contributed by atoms with van der Waals surface area (Å²) in [5.74, 6) is -1.66. The largest absolute Gasteiger partial charge is 0.497 e. The quantitative estimate of drug-likeness (QED) is 0.309. The first-order chi connectivity index (χ1) is 24.9. The van der Waals surface area contributed by atoms with E-state index in [-0.39, 0.29) is 43.0 Å². The van der Waals surface area contributed by atoms with Crippen LogP contribution in [0.25, 0.3) is 0 Å². The van der Waals surface area contributed by atoms with E-state index in [2.05, 4.69) is 4.90 Å². The Kier molecular flexibility index (Phi) is 11.7. The molecule has 3 saturated heterocycles. The third-order valence-electron chi connectivity index (χ3n) is 12.1. The molecule has 2 N–H and O–H groups in total. The summed E-state index contributed by atoms with van der Waals surface area (Å²) in [6, 6.07) is 11.1. The fourth-order valence-electron chi connectivity index (χ4n) is 9.18. The minimum Gasteiger partial charge on any atom is -0.497 e. The van der Waals surface area contributed by atoms with Gasteiger partial charge in [-0.05, 0) is 87.3 Å². The van der Waals surface area contributed by atoms with Crippen molar-refractivity contribution in [3.63, 3.8) is 0 Å². The van der Waals surface area contributed by atoms with Crippen molar-refractivity contribution < 1.29 is 47.2 Å². The second-order valence-corrected chi connectivity index (χ2v) is 14.8. The Balaban J connectivity index is 1.30. The first-order valence-corrected chi connectivity index (χ1v) is 18.6. The number of piperidine rings is 1. The highest BCUT2D eigenvalue weighted by atomic mass is 19.4. The van der Waals surface area contributed by atoms with Crippen LogP contribution in [0, 0.1) is 5.92 Å². The molecule has 4 atom stereocenters. The number of carboxylic acid groups (broad SMARTS) is 1. The summed E-state index contributed by atoms with van der Waals surface area (Å²) in [6.45, 7) is 4.17. The number of hydrogen-bond donors (Lipinski definition) is 2. The SMILES string of the molecule is CCOC1CCC(N2CC(c3ccc(OC)cc3)[C@](OC)(C(=O)N3C[C@H](c4ccc(C(F)(F)F)cc4N4CCC(C(=O)O)CC4)C[C@H]3CO)C2)CC1. The van der Waals surface area contributed by atoms with Gasteiger partial charge in [0.2, 0.25) is 0 Å². The highest BCUT2D eigenvalue weighted by Gasteiger charge is 2.57. The van der Waals surface area contributed by atoms with Crippen LogP contribution in [-0.2, 0) is 25.2 Å². The number of likely N-dealkylation sites (tertiary alicyclic amines) is 2. The molecule has 52 heavy (non-hydrogen) atoms. The lowest BCUT2D eigenvalue weighted by Crippen LogP contribution is -2.56. The number of alkyl halides is 3. The number of carboxylic acids is 1. The maximum atomic E-state index is 15.1. The molecule has 13 heteroatoms. The van der Waals surface area contributed by atoms with Crippen LogP contribution >= 0.6 is 0 Å². The van der Waals surface area contributed by atoms with Crippen LogP contribution in [0.5, 0.6) is 5.75 Å². The zero-order valence-electron chi connectivity index (χ0n) is 30.3. The number of aliphatic carboxylic acids is 1. The van der Waals surface area contributed by atoms with Gasteiger partial charge >= 0.3 is 12.1 Å². The molecule has 1 saturated carbocycles. The van der Waals surface area contributed by atoms with Gasteiger partial charge in [0.15, 0.2) is 5.60 Å². The number of carbonyl (C=O) groups is 2. The average Bonchev–Trinajstić information content (AvgIpc) is 3.78. The van der Waals surface area contributed by atoms with Crippen molar-refractivity contribution >= 4 is 17.6 Å². The molecule has 4 aliphatic rings. The van der Waals surface area contributed by atoms with Gasteiger partial charge in [-0.2, -0.15) is 13.2 Å². The van der Waals surface area contributed by atoms with Crippen molar-refractivity contribution in [3.8, 4) is 5.75 Å². The fraction of sp³-hybridized carbons (Fsp3) is 0.641. The van der Waals surface area contributed by atoms with Crippen LogP contribution in [-0.4, -0.2) is 116 Å². The summed E-state index contributed by atoms with van der Waals surface area (Å²) in [7, 11) is 3.17. The number of anilines is 1. The summed E-state index contributed by atoms with van der Waals surface area (Å²) in [5, 5.41) is 20.2. The monoisotopic (exact) mass is 731 g/mol. The highest BCUT2D eigenvalue weighted by Crippen LogP contribution is 2.46. The zero-order chi connectivity index (χ0) is 37.2. The summed E-state index contributed by atoms with van der Waals surface area (Å²) < 4.78 is 59.6. The molecule has 286 valence electrons. The summed E-state index contributed by atoms with van der Waals surface area (Å²) in [4.78, 5) is 32.6. The van der Waals surface area contributed by atoms with Crippen molar-refractivity contribution in [3.05, 3.63) is 59.2 Å². The first-order valence-electron chi connectivity index (χ1n) is 18.6. The molecular weight excluding hydrogens is 679 g/mol. The van der Waals surface area contributed by atoms with Gasteiger partial charge in [0.25, 0.3) is 5.91 Å². The van der Waals surface area contributed by atoms with E-state index in [0.29, 0.717) is 69.0 Å². The molecule has 1 unspecified atom stereocenters. The van der Waals surface area contributed by atoms with Crippen LogP contribution in [0.3, 0.4) is 0 Å². The topological polar surface area (TPSA) is 112 Å². The molecule has 4 fully saturated rings. The van der Waals surface area contributed by atoms with E-state index in [0.717, 1.165) is 43.4 Å². The van der Waals surface area contributed by atoms with Crippen molar-refractivity contribution in [2.75, 3.05) is 65.1 Å². The molecular formula is C39H52F3N3O7. The van der Waals surface area contributed by atoms with E-state index in [1.165, 1.54) is 6.07 Å². The van der Waals surface area contributed by atoms with Crippen molar-refractivity contribution in [1.29, 1.82) is 0 Å². The van der Waals surface area contributed by atoms with Crippen LogP contribution in [0.2, 0.25) is 0 Å².